The number of hydrogen-bond donors (Lipinski definition) is 0. The third-order valence-corrected chi connectivity index (χ3v) is 0.622. The zero-order valence-electron chi connectivity index (χ0n) is 8.43. The van der Waals surface area contributed by atoms with Gasteiger partial charge >= 0.3 is 0 Å². The summed E-state index contributed by atoms with van der Waals surface area (Å²) in [5, 5.41) is 0. The maximum absolute atomic E-state index is 3.48. The minimum Gasteiger partial charge on any atom is -0.103 e. The molecule has 0 nitrogen and oxygen atoms in total. The van der Waals surface area contributed by atoms with Gasteiger partial charge in [-0.05, 0) is 27.2 Å². The molecule has 0 spiro atoms. The van der Waals surface area contributed by atoms with Crippen LogP contribution in [-0.2, 0) is 0 Å². The Labute approximate surface area is 72.3 Å². The van der Waals surface area contributed by atoms with Crippen molar-refractivity contribution in [1.29, 1.82) is 0 Å². The van der Waals surface area contributed by atoms with Gasteiger partial charge in [-0.1, -0.05) is 31.2 Å². The van der Waals surface area contributed by atoms with Crippen LogP contribution in [0.4, 0.5) is 0 Å². The summed E-state index contributed by atoms with van der Waals surface area (Å²) in [6.07, 6.45) is 8.71. The fraction of sp³-hybridized carbons (Fsp3) is 0.455. The minimum absolute atomic E-state index is 1.08. The molecular formula is C11H22. The predicted molar refractivity (Wildman–Crippen MR) is 56.8 cm³/mol. The van der Waals surface area contributed by atoms with E-state index in [2.05, 4.69) is 20.1 Å². The molecule has 0 fully saturated rings. The second-order valence-corrected chi connectivity index (χ2v) is 1.77. The van der Waals surface area contributed by atoms with Crippen molar-refractivity contribution in [2.45, 2.75) is 34.1 Å². The van der Waals surface area contributed by atoms with Gasteiger partial charge in [0.2, 0.25) is 0 Å². The van der Waals surface area contributed by atoms with Gasteiger partial charge < -0.3 is 0 Å². The van der Waals surface area contributed by atoms with Gasteiger partial charge in [0.25, 0.3) is 0 Å². The predicted octanol–water partition coefficient (Wildman–Crippen LogP) is 4.36. The van der Waals surface area contributed by atoms with E-state index in [1.807, 2.05) is 39.0 Å². The number of hydrogen-bond acceptors (Lipinski definition) is 0. The molecule has 66 valence electrons. The van der Waals surface area contributed by atoms with E-state index in [1.54, 1.807) is 6.08 Å². The monoisotopic (exact) mass is 154 g/mol. The zero-order valence-corrected chi connectivity index (χ0v) is 8.43. The van der Waals surface area contributed by atoms with Gasteiger partial charge in [-0.3, -0.25) is 0 Å². The molecule has 0 aliphatic carbocycles. The molecule has 0 aliphatic heterocycles. The molecule has 0 saturated carbocycles. The fourth-order valence-corrected chi connectivity index (χ4v) is 0. The van der Waals surface area contributed by atoms with Crippen molar-refractivity contribution in [3.8, 4) is 0 Å². The maximum atomic E-state index is 3.48. The van der Waals surface area contributed by atoms with Gasteiger partial charge in [-0.25, -0.2) is 0 Å². The largest absolute Gasteiger partial charge is 0.103 e. The molecule has 0 aromatic rings. The summed E-state index contributed by atoms with van der Waals surface area (Å²) in [6.45, 7) is 14.8. The van der Waals surface area contributed by atoms with Crippen LogP contribution in [0.3, 0.4) is 0 Å². The van der Waals surface area contributed by atoms with E-state index >= 15 is 0 Å². The van der Waals surface area contributed by atoms with Crippen LogP contribution in [0.2, 0.25) is 0 Å². The van der Waals surface area contributed by atoms with Crippen molar-refractivity contribution in [1.82, 2.24) is 0 Å². The van der Waals surface area contributed by atoms with Gasteiger partial charge in [0.15, 0.2) is 0 Å². The maximum Gasteiger partial charge on any atom is -0.0382 e. The SMILES string of the molecule is C=CC.C=CCC.CC=CC. The third kappa shape index (κ3) is 323. The van der Waals surface area contributed by atoms with E-state index < -0.39 is 0 Å². The van der Waals surface area contributed by atoms with E-state index in [-0.39, 0.29) is 0 Å². The lowest BCUT2D eigenvalue weighted by Gasteiger charge is -1.57. The lowest BCUT2D eigenvalue weighted by Crippen LogP contribution is -1.36. The van der Waals surface area contributed by atoms with Crippen molar-refractivity contribution < 1.29 is 0 Å². The van der Waals surface area contributed by atoms with E-state index in [1.165, 1.54) is 0 Å². The topological polar surface area (TPSA) is 0 Å². The average molecular weight is 154 g/mol. The normalized spacial score (nSPS) is 6.91. The Bertz CT molecular complexity index is 74.0. The summed E-state index contributed by atoms with van der Waals surface area (Å²) < 4.78 is 0. The van der Waals surface area contributed by atoms with Crippen molar-refractivity contribution >= 4 is 0 Å². The van der Waals surface area contributed by atoms with Gasteiger partial charge in [0, 0.05) is 0 Å². The smallest absolute Gasteiger partial charge is 0.0382 e. The zero-order chi connectivity index (χ0) is 9.54. The standard InChI is InChI=1S/2C4H8.C3H6/c2*1-3-4-2;1-3-2/h3-4H,1-2H3;3H,1,4H2,2H3;3H,1H2,2H3. The Morgan fingerprint density at radius 1 is 1.00 bits per heavy atom. The second kappa shape index (κ2) is 35.0. The first-order valence-corrected chi connectivity index (χ1v) is 4.00. The highest BCUT2D eigenvalue weighted by Gasteiger charge is 1.45. The Morgan fingerprint density at radius 2 is 1.18 bits per heavy atom. The van der Waals surface area contributed by atoms with Gasteiger partial charge in [-0.15, -0.1) is 13.2 Å². The second-order valence-electron chi connectivity index (χ2n) is 1.77. The average Bonchev–Trinajstić information content (AvgIpc) is 2.06. The molecule has 0 radical (unpaired) electrons. The van der Waals surface area contributed by atoms with E-state index in [0.29, 0.717) is 0 Å². The first-order chi connectivity index (χ1) is 5.24. The summed E-state index contributed by atoms with van der Waals surface area (Å²) >= 11 is 0. The van der Waals surface area contributed by atoms with Crippen LogP contribution >= 0.6 is 0 Å². The van der Waals surface area contributed by atoms with Crippen LogP contribution < -0.4 is 0 Å². The summed E-state index contributed by atoms with van der Waals surface area (Å²) in [4.78, 5) is 0. The number of rotatable bonds is 1. The molecule has 0 aromatic carbocycles. The summed E-state index contributed by atoms with van der Waals surface area (Å²) in [6, 6.07) is 0. The Morgan fingerprint density at radius 3 is 1.18 bits per heavy atom. The van der Waals surface area contributed by atoms with Crippen LogP contribution in [0.5, 0.6) is 0 Å². The Kier molecular flexibility index (Phi) is 53.0. The van der Waals surface area contributed by atoms with Crippen molar-refractivity contribution in [3.05, 3.63) is 37.5 Å². The molecule has 0 aliphatic rings. The first-order valence-electron chi connectivity index (χ1n) is 4.00. The fourth-order valence-electron chi connectivity index (χ4n) is 0. The molecule has 0 N–H and O–H groups in total. The lowest BCUT2D eigenvalue weighted by atomic mass is 10.5. The van der Waals surface area contributed by atoms with Crippen molar-refractivity contribution in [2.75, 3.05) is 0 Å². The van der Waals surface area contributed by atoms with Gasteiger partial charge in [0.05, 0.1) is 0 Å². The molecule has 11 heavy (non-hydrogen) atoms. The molecule has 0 rings (SSSR count). The molecule has 0 heteroatoms. The molecule has 0 amide bonds. The van der Waals surface area contributed by atoms with E-state index in [4.69, 9.17) is 0 Å². The van der Waals surface area contributed by atoms with Gasteiger partial charge in [-0.2, -0.15) is 0 Å². The highest BCUT2D eigenvalue weighted by Crippen LogP contribution is 1.66. The minimum atomic E-state index is 1.08. The Hall–Kier alpha value is -0.780. The molecule has 0 heterocycles. The lowest BCUT2D eigenvalue weighted by molar-refractivity contribution is 1.23. The summed E-state index contributed by atoms with van der Waals surface area (Å²) in [5.41, 5.74) is 0. The highest BCUT2D eigenvalue weighted by atomic mass is 13.5. The third-order valence-electron chi connectivity index (χ3n) is 0.622. The van der Waals surface area contributed by atoms with Crippen LogP contribution in [0, 0.1) is 0 Å². The quantitative estimate of drug-likeness (QED) is 0.492. The molecule has 0 saturated heterocycles. The summed E-state index contributed by atoms with van der Waals surface area (Å²) in [5.74, 6) is 0. The molecule has 0 unspecified atom stereocenters. The van der Waals surface area contributed by atoms with Crippen LogP contribution in [0.15, 0.2) is 37.5 Å². The van der Waals surface area contributed by atoms with E-state index in [9.17, 15) is 0 Å². The highest BCUT2D eigenvalue weighted by molar-refractivity contribution is 4.68. The molecular weight excluding hydrogens is 132 g/mol. The van der Waals surface area contributed by atoms with Crippen LogP contribution in [0.25, 0.3) is 0 Å². The summed E-state index contributed by atoms with van der Waals surface area (Å²) in [7, 11) is 0. The molecule has 0 atom stereocenters. The van der Waals surface area contributed by atoms with Crippen molar-refractivity contribution in [3.63, 3.8) is 0 Å². The van der Waals surface area contributed by atoms with Crippen LogP contribution in [0.1, 0.15) is 34.1 Å². The molecule has 0 aromatic heterocycles. The van der Waals surface area contributed by atoms with Gasteiger partial charge in [0.1, 0.15) is 0 Å². The first kappa shape index (κ1) is 16.7. The van der Waals surface area contributed by atoms with Crippen molar-refractivity contribution in [2.24, 2.45) is 0 Å². The van der Waals surface area contributed by atoms with Crippen LogP contribution in [-0.4, -0.2) is 0 Å². The molecule has 0 bridgehead atoms. The number of allylic oxidation sites excluding steroid dienone is 4. The van der Waals surface area contributed by atoms with E-state index in [0.717, 1.165) is 6.42 Å². The Balaban J connectivity index is -0.0000000886.